The first-order valence-electron chi connectivity index (χ1n) is 4.05. The average molecular weight is 164 g/mol. The van der Waals surface area contributed by atoms with Crippen molar-refractivity contribution in [3.8, 4) is 11.5 Å². The van der Waals surface area contributed by atoms with Crippen molar-refractivity contribution in [3.05, 3.63) is 24.3 Å². The minimum Gasteiger partial charge on any atom is -0.493 e. The van der Waals surface area contributed by atoms with E-state index in [0.717, 1.165) is 5.75 Å². The molecule has 0 bridgehead atoms. The minimum absolute atomic E-state index is 0.639. The Kier molecular flexibility index (Phi) is 3.28. The predicted octanol–water partition coefficient (Wildman–Crippen LogP) is 2.08. The molecule has 64 valence electrons. The van der Waals surface area contributed by atoms with Gasteiger partial charge in [0.05, 0.1) is 13.2 Å². The van der Waals surface area contributed by atoms with Crippen LogP contribution in [0.1, 0.15) is 13.8 Å². The van der Waals surface area contributed by atoms with Crippen LogP contribution < -0.4 is 9.47 Å². The van der Waals surface area contributed by atoms with Gasteiger partial charge >= 0.3 is 0 Å². The topological polar surface area (TPSA) is 18.5 Å². The van der Waals surface area contributed by atoms with Crippen molar-refractivity contribution in [3.63, 3.8) is 0 Å². The van der Waals surface area contributed by atoms with E-state index in [1.165, 1.54) is 0 Å². The molecule has 0 heterocycles. The molecule has 0 saturated carbocycles. The Bertz CT molecular complexity index is 212. The summed E-state index contributed by atoms with van der Waals surface area (Å²) in [4.78, 5) is 0. The molecular weight excluding hydrogens is 152 g/mol. The van der Waals surface area contributed by atoms with Crippen LogP contribution in [0, 0.1) is 12.1 Å². The molecule has 0 spiro atoms. The Morgan fingerprint density at radius 2 is 2.00 bits per heavy atom. The Balaban J connectivity index is 2.67. The first kappa shape index (κ1) is 8.73. The molecule has 0 fully saturated rings. The lowest BCUT2D eigenvalue weighted by Gasteiger charge is -2.02. The standard InChI is InChI=1S/C10H12O2/c1-3-11-9-6-5-7-10(8-9)12-4-2/h6,8H,3-4H2,1-2H3. The molecule has 0 atom stereocenters. The fourth-order valence-corrected chi connectivity index (χ4v) is 0.869. The van der Waals surface area contributed by atoms with Gasteiger partial charge in [-0.2, -0.15) is 0 Å². The van der Waals surface area contributed by atoms with E-state index in [-0.39, 0.29) is 0 Å². The first-order valence-corrected chi connectivity index (χ1v) is 4.05. The summed E-state index contributed by atoms with van der Waals surface area (Å²) in [7, 11) is 0. The highest BCUT2D eigenvalue weighted by atomic mass is 16.5. The number of ether oxygens (including phenoxy) is 2. The zero-order chi connectivity index (χ0) is 8.81. The minimum atomic E-state index is 0.639. The Hall–Kier alpha value is -1.36. The van der Waals surface area contributed by atoms with Crippen molar-refractivity contribution in [2.45, 2.75) is 13.8 Å². The fourth-order valence-electron chi connectivity index (χ4n) is 0.869. The molecule has 0 radical (unpaired) electrons. The fraction of sp³-hybridized carbons (Fsp3) is 0.400. The lowest BCUT2D eigenvalue weighted by molar-refractivity contribution is 0.323. The van der Waals surface area contributed by atoms with E-state index in [0.29, 0.717) is 19.0 Å². The third-order valence-corrected chi connectivity index (χ3v) is 1.29. The quantitative estimate of drug-likeness (QED) is 0.678. The molecule has 1 rings (SSSR count). The maximum atomic E-state index is 5.26. The summed E-state index contributed by atoms with van der Waals surface area (Å²) in [6.07, 6.45) is 0. The van der Waals surface area contributed by atoms with Gasteiger partial charge in [-0.1, -0.05) is 6.07 Å². The van der Waals surface area contributed by atoms with Gasteiger partial charge in [-0.15, -0.1) is 0 Å². The first-order chi connectivity index (χ1) is 5.86. The molecule has 1 aromatic carbocycles. The Morgan fingerprint density at radius 3 is 2.67 bits per heavy atom. The molecule has 0 amide bonds. The zero-order valence-corrected chi connectivity index (χ0v) is 7.39. The highest BCUT2D eigenvalue weighted by molar-refractivity contribution is 5.28. The third kappa shape index (κ3) is 2.35. The lowest BCUT2D eigenvalue weighted by Crippen LogP contribution is -1.93. The van der Waals surface area contributed by atoms with Crippen LogP contribution in [0.25, 0.3) is 0 Å². The molecule has 0 N–H and O–H groups in total. The highest BCUT2D eigenvalue weighted by Gasteiger charge is 1.93. The van der Waals surface area contributed by atoms with Gasteiger partial charge in [0.15, 0.2) is 5.75 Å². The van der Waals surface area contributed by atoms with E-state index < -0.39 is 0 Å². The smallest absolute Gasteiger partial charge is 0.174 e. The van der Waals surface area contributed by atoms with E-state index in [9.17, 15) is 0 Å². The molecule has 0 aromatic heterocycles. The van der Waals surface area contributed by atoms with Gasteiger partial charge in [0, 0.05) is 12.1 Å². The summed E-state index contributed by atoms with van der Waals surface area (Å²) < 4.78 is 10.5. The highest BCUT2D eigenvalue weighted by Crippen LogP contribution is 2.15. The van der Waals surface area contributed by atoms with Crippen molar-refractivity contribution >= 4 is 0 Å². The van der Waals surface area contributed by atoms with Crippen LogP contribution in [-0.2, 0) is 0 Å². The van der Waals surface area contributed by atoms with Crippen molar-refractivity contribution in [1.29, 1.82) is 0 Å². The summed E-state index contributed by atoms with van der Waals surface area (Å²) in [5.41, 5.74) is 0. The molecule has 0 aliphatic heterocycles. The summed E-state index contributed by atoms with van der Waals surface area (Å²) in [5, 5.41) is 0. The van der Waals surface area contributed by atoms with E-state index >= 15 is 0 Å². The van der Waals surface area contributed by atoms with Crippen molar-refractivity contribution in [1.82, 2.24) is 0 Å². The van der Waals surface area contributed by atoms with Gasteiger partial charge < -0.3 is 9.47 Å². The molecule has 2 heteroatoms. The van der Waals surface area contributed by atoms with Crippen LogP contribution in [0.15, 0.2) is 12.1 Å². The normalized spacial score (nSPS) is 8.83. The van der Waals surface area contributed by atoms with Gasteiger partial charge in [0.2, 0.25) is 0 Å². The predicted molar refractivity (Wildman–Crippen MR) is 46.5 cm³/mol. The summed E-state index contributed by atoms with van der Waals surface area (Å²) in [6.45, 7) is 5.17. The van der Waals surface area contributed by atoms with E-state index in [2.05, 4.69) is 12.1 Å². The summed E-state index contributed by atoms with van der Waals surface area (Å²) in [6, 6.07) is 9.22. The van der Waals surface area contributed by atoms with Gasteiger partial charge in [0.25, 0.3) is 0 Å². The molecule has 0 aliphatic carbocycles. The molecular formula is C10H12O2. The zero-order valence-electron chi connectivity index (χ0n) is 7.39. The SMILES string of the molecule is CCOc1c#ccc(OCC)c1. The van der Waals surface area contributed by atoms with Crippen LogP contribution in [-0.4, -0.2) is 13.2 Å². The number of rotatable bonds is 4. The third-order valence-electron chi connectivity index (χ3n) is 1.29. The maximum Gasteiger partial charge on any atom is 0.174 e. The Labute approximate surface area is 73.1 Å². The van der Waals surface area contributed by atoms with Crippen molar-refractivity contribution in [2.24, 2.45) is 0 Å². The van der Waals surface area contributed by atoms with Crippen LogP contribution in [0.4, 0.5) is 0 Å². The average Bonchev–Trinajstić information content (AvgIpc) is 2.06. The molecule has 2 nitrogen and oxygen atoms in total. The van der Waals surface area contributed by atoms with Crippen LogP contribution in [0.2, 0.25) is 0 Å². The number of hydrogen-bond acceptors (Lipinski definition) is 2. The lowest BCUT2D eigenvalue weighted by atomic mass is 10.4. The monoisotopic (exact) mass is 164 g/mol. The molecule has 0 aliphatic rings. The van der Waals surface area contributed by atoms with Gasteiger partial charge in [-0.25, -0.2) is 0 Å². The number of hydrogen-bond donors (Lipinski definition) is 0. The van der Waals surface area contributed by atoms with Crippen molar-refractivity contribution < 1.29 is 9.47 Å². The van der Waals surface area contributed by atoms with Gasteiger partial charge in [-0.3, -0.25) is 0 Å². The second-order valence-electron chi connectivity index (χ2n) is 2.19. The van der Waals surface area contributed by atoms with Crippen LogP contribution in [0.3, 0.4) is 0 Å². The molecule has 0 saturated heterocycles. The Morgan fingerprint density at radius 1 is 1.25 bits per heavy atom. The summed E-state index contributed by atoms with van der Waals surface area (Å²) >= 11 is 0. The molecule has 0 unspecified atom stereocenters. The van der Waals surface area contributed by atoms with Crippen LogP contribution >= 0.6 is 0 Å². The molecule has 12 heavy (non-hydrogen) atoms. The maximum absolute atomic E-state index is 5.26. The molecule has 1 aromatic rings. The van der Waals surface area contributed by atoms with E-state index in [4.69, 9.17) is 9.47 Å². The van der Waals surface area contributed by atoms with Gasteiger partial charge in [0.1, 0.15) is 5.75 Å². The largest absolute Gasteiger partial charge is 0.493 e. The van der Waals surface area contributed by atoms with E-state index in [1.54, 1.807) is 6.07 Å². The summed E-state index contributed by atoms with van der Waals surface area (Å²) in [5.74, 6) is 1.46. The van der Waals surface area contributed by atoms with Crippen LogP contribution in [0.5, 0.6) is 11.5 Å². The van der Waals surface area contributed by atoms with E-state index in [1.807, 2.05) is 19.9 Å². The van der Waals surface area contributed by atoms with Crippen molar-refractivity contribution in [2.75, 3.05) is 13.2 Å². The van der Waals surface area contributed by atoms with Gasteiger partial charge in [-0.05, 0) is 19.9 Å². The second kappa shape index (κ2) is 4.50. The second-order valence-corrected chi connectivity index (χ2v) is 2.19.